The van der Waals surface area contributed by atoms with Crippen molar-refractivity contribution in [2.45, 2.75) is 65.0 Å². The number of nitrogens with zero attached hydrogens (tertiary/aromatic N) is 1. The maximum absolute atomic E-state index is 3.70. The van der Waals surface area contributed by atoms with Gasteiger partial charge in [-0.2, -0.15) is 0 Å². The van der Waals surface area contributed by atoms with E-state index in [1.54, 1.807) is 0 Å². The summed E-state index contributed by atoms with van der Waals surface area (Å²) in [5.41, 5.74) is 0. The van der Waals surface area contributed by atoms with E-state index < -0.39 is 0 Å². The molecule has 0 heterocycles. The quantitative estimate of drug-likeness (QED) is 0.664. The van der Waals surface area contributed by atoms with Crippen LogP contribution in [0, 0.1) is 11.8 Å². The Kier molecular flexibility index (Phi) is 4.87. The summed E-state index contributed by atoms with van der Waals surface area (Å²) in [5.74, 6) is 1.84. The minimum absolute atomic E-state index is 0.698. The van der Waals surface area contributed by atoms with Crippen LogP contribution < -0.4 is 5.32 Å². The first kappa shape index (κ1) is 13.4. The van der Waals surface area contributed by atoms with Crippen molar-refractivity contribution < 1.29 is 0 Å². The van der Waals surface area contributed by atoms with Crippen molar-refractivity contribution in [2.75, 3.05) is 19.6 Å². The van der Waals surface area contributed by atoms with Gasteiger partial charge in [0.05, 0.1) is 0 Å². The molecule has 2 rings (SSSR count). The summed E-state index contributed by atoms with van der Waals surface area (Å²) in [7, 11) is 0. The lowest BCUT2D eigenvalue weighted by Crippen LogP contribution is -2.46. The summed E-state index contributed by atoms with van der Waals surface area (Å²) in [6, 6.07) is 1.63. The maximum atomic E-state index is 3.70. The highest BCUT2D eigenvalue weighted by Crippen LogP contribution is 2.35. The number of nitrogens with one attached hydrogen (secondary N) is 1. The van der Waals surface area contributed by atoms with E-state index in [0.717, 1.165) is 24.4 Å². The van der Waals surface area contributed by atoms with Crippen molar-refractivity contribution in [2.24, 2.45) is 11.8 Å². The van der Waals surface area contributed by atoms with Gasteiger partial charge in [-0.15, -0.1) is 0 Å². The molecule has 2 aliphatic rings. The monoisotopic (exact) mass is 238 g/mol. The van der Waals surface area contributed by atoms with Crippen LogP contribution in [0.1, 0.15) is 52.9 Å². The van der Waals surface area contributed by atoms with Crippen LogP contribution in [-0.4, -0.2) is 36.6 Å². The van der Waals surface area contributed by atoms with Gasteiger partial charge < -0.3 is 5.32 Å². The molecule has 1 N–H and O–H groups in total. The first-order valence-corrected chi connectivity index (χ1v) is 7.72. The zero-order valence-electron chi connectivity index (χ0n) is 11.9. The van der Waals surface area contributed by atoms with Crippen molar-refractivity contribution in [3.8, 4) is 0 Å². The first-order chi connectivity index (χ1) is 8.24. The van der Waals surface area contributed by atoms with Crippen LogP contribution in [0.4, 0.5) is 0 Å². The number of hydrogen-bond donors (Lipinski definition) is 1. The summed E-state index contributed by atoms with van der Waals surface area (Å²) in [6.07, 6.45) is 7.16. The summed E-state index contributed by atoms with van der Waals surface area (Å²) in [6.45, 7) is 10.7. The van der Waals surface area contributed by atoms with Gasteiger partial charge in [-0.3, -0.25) is 4.90 Å². The molecule has 0 bridgehead atoms. The highest BCUT2D eigenvalue weighted by Gasteiger charge is 2.35. The van der Waals surface area contributed by atoms with Gasteiger partial charge in [0.2, 0.25) is 0 Å². The molecule has 0 aromatic rings. The highest BCUT2D eigenvalue weighted by atomic mass is 15.2. The van der Waals surface area contributed by atoms with Gasteiger partial charge in [0.15, 0.2) is 0 Å². The van der Waals surface area contributed by atoms with Gasteiger partial charge in [0.1, 0.15) is 0 Å². The Balaban J connectivity index is 1.83. The molecule has 2 nitrogen and oxygen atoms in total. The van der Waals surface area contributed by atoms with Crippen molar-refractivity contribution >= 4 is 0 Å². The fourth-order valence-electron chi connectivity index (χ4n) is 2.69. The molecule has 2 fully saturated rings. The Morgan fingerprint density at radius 2 is 1.88 bits per heavy atom. The molecule has 0 amide bonds. The third kappa shape index (κ3) is 4.26. The molecule has 2 saturated carbocycles. The second-order valence-electron chi connectivity index (χ2n) is 6.18. The lowest BCUT2D eigenvalue weighted by atomic mass is 9.98. The first-order valence-electron chi connectivity index (χ1n) is 7.72. The summed E-state index contributed by atoms with van der Waals surface area (Å²) in [4.78, 5) is 2.79. The molecule has 17 heavy (non-hydrogen) atoms. The molecule has 0 aromatic heterocycles. The van der Waals surface area contributed by atoms with E-state index in [0.29, 0.717) is 6.04 Å². The van der Waals surface area contributed by atoms with Gasteiger partial charge in [0.25, 0.3) is 0 Å². The van der Waals surface area contributed by atoms with Crippen LogP contribution in [0.2, 0.25) is 0 Å². The Morgan fingerprint density at radius 1 is 1.18 bits per heavy atom. The molecule has 0 radical (unpaired) electrons. The van der Waals surface area contributed by atoms with Crippen LogP contribution in [0.25, 0.3) is 0 Å². The number of hydrogen-bond acceptors (Lipinski definition) is 2. The minimum atomic E-state index is 0.698. The second kappa shape index (κ2) is 6.19. The predicted octanol–water partition coefficient (Wildman–Crippen LogP) is 2.89. The van der Waals surface area contributed by atoms with Crippen LogP contribution in [0.3, 0.4) is 0 Å². The molecule has 0 spiro atoms. The Bertz CT molecular complexity index is 221. The standard InChI is InChI=1S/C15H30N2/c1-4-12(3)15(16-5-2)11-17(14-8-9-14)10-13-6-7-13/h12-16H,4-11H2,1-3H3. The van der Waals surface area contributed by atoms with E-state index in [2.05, 4.69) is 31.0 Å². The van der Waals surface area contributed by atoms with Gasteiger partial charge in [-0.1, -0.05) is 27.2 Å². The third-order valence-corrected chi connectivity index (χ3v) is 4.48. The van der Waals surface area contributed by atoms with Gasteiger partial charge in [-0.25, -0.2) is 0 Å². The fraction of sp³-hybridized carbons (Fsp3) is 1.00. The topological polar surface area (TPSA) is 15.3 Å². The summed E-state index contributed by atoms with van der Waals surface area (Å²) >= 11 is 0. The van der Waals surface area contributed by atoms with E-state index in [1.807, 2.05) is 0 Å². The Morgan fingerprint density at radius 3 is 2.35 bits per heavy atom. The van der Waals surface area contributed by atoms with Crippen molar-refractivity contribution in [3.63, 3.8) is 0 Å². The van der Waals surface area contributed by atoms with E-state index >= 15 is 0 Å². The maximum Gasteiger partial charge on any atom is 0.0220 e. The SMILES string of the molecule is CCNC(CN(CC1CC1)C1CC1)C(C)CC. The average molecular weight is 238 g/mol. The molecule has 0 aliphatic heterocycles. The molecule has 2 unspecified atom stereocenters. The van der Waals surface area contributed by atoms with Crippen LogP contribution >= 0.6 is 0 Å². The van der Waals surface area contributed by atoms with Crippen LogP contribution in [0.15, 0.2) is 0 Å². The largest absolute Gasteiger partial charge is 0.313 e. The molecule has 2 aliphatic carbocycles. The minimum Gasteiger partial charge on any atom is -0.313 e. The van der Waals surface area contributed by atoms with Crippen molar-refractivity contribution in [1.82, 2.24) is 10.2 Å². The zero-order chi connectivity index (χ0) is 12.3. The summed E-state index contributed by atoms with van der Waals surface area (Å²) < 4.78 is 0. The number of likely N-dealkylation sites (N-methyl/N-ethyl adjacent to an activating group) is 1. The van der Waals surface area contributed by atoms with Gasteiger partial charge >= 0.3 is 0 Å². The smallest absolute Gasteiger partial charge is 0.0220 e. The summed E-state index contributed by atoms with van der Waals surface area (Å²) in [5, 5.41) is 3.70. The average Bonchev–Trinajstić information content (AvgIpc) is 3.16. The van der Waals surface area contributed by atoms with E-state index in [4.69, 9.17) is 0 Å². The zero-order valence-corrected chi connectivity index (χ0v) is 11.9. The Labute approximate surface area is 107 Å². The molecule has 0 aromatic carbocycles. The molecule has 100 valence electrons. The second-order valence-corrected chi connectivity index (χ2v) is 6.18. The third-order valence-electron chi connectivity index (χ3n) is 4.48. The van der Waals surface area contributed by atoms with Crippen LogP contribution in [0.5, 0.6) is 0 Å². The van der Waals surface area contributed by atoms with E-state index in [-0.39, 0.29) is 0 Å². The van der Waals surface area contributed by atoms with Crippen molar-refractivity contribution in [3.05, 3.63) is 0 Å². The Hall–Kier alpha value is -0.0800. The normalized spacial score (nSPS) is 24.0. The molecular weight excluding hydrogens is 208 g/mol. The fourth-order valence-corrected chi connectivity index (χ4v) is 2.69. The van der Waals surface area contributed by atoms with Crippen molar-refractivity contribution in [1.29, 1.82) is 0 Å². The number of rotatable bonds is 9. The lowest BCUT2D eigenvalue weighted by molar-refractivity contribution is 0.197. The van der Waals surface area contributed by atoms with Gasteiger partial charge in [0, 0.05) is 25.2 Å². The van der Waals surface area contributed by atoms with E-state index in [9.17, 15) is 0 Å². The van der Waals surface area contributed by atoms with Gasteiger partial charge in [-0.05, 0) is 44.1 Å². The lowest BCUT2D eigenvalue weighted by Gasteiger charge is -2.31. The molecule has 2 atom stereocenters. The van der Waals surface area contributed by atoms with Crippen LogP contribution in [-0.2, 0) is 0 Å². The van der Waals surface area contributed by atoms with E-state index in [1.165, 1.54) is 45.2 Å². The predicted molar refractivity (Wildman–Crippen MR) is 74.2 cm³/mol. The molecule has 2 heteroatoms. The highest BCUT2D eigenvalue weighted by molar-refractivity contribution is 4.91. The molecule has 0 saturated heterocycles. The molecular formula is C15H30N2.